The summed E-state index contributed by atoms with van der Waals surface area (Å²) in [7, 11) is -1.72. The maximum atomic E-state index is 12.0. The molecule has 100 valence electrons. The van der Waals surface area contributed by atoms with E-state index in [1.54, 1.807) is 11.3 Å². The number of thiazole rings is 1. The second-order valence-corrected chi connectivity index (χ2v) is 12.6. The second-order valence-electron chi connectivity index (χ2n) is 6.56. The van der Waals surface area contributed by atoms with Crippen molar-refractivity contribution in [3.05, 3.63) is 16.6 Å². The Morgan fingerprint density at radius 3 is 2.61 bits per heavy atom. The van der Waals surface area contributed by atoms with Gasteiger partial charge in [-0.1, -0.05) is 33.9 Å². The van der Waals surface area contributed by atoms with E-state index < -0.39 is 8.24 Å². The van der Waals surface area contributed by atoms with E-state index in [1.165, 1.54) is 0 Å². The number of nitrogens with zero attached hydrogens (tertiary/aromatic N) is 2. The fourth-order valence-electron chi connectivity index (χ4n) is 2.33. The Kier molecular flexibility index (Phi) is 3.40. The van der Waals surface area contributed by atoms with E-state index in [-0.39, 0.29) is 5.04 Å². The Hall–Kier alpha value is -0.683. The first kappa shape index (κ1) is 13.7. The Morgan fingerprint density at radius 2 is 2.17 bits per heavy atom. The average Bonchev–Trinajstić information content (AvgIpc) is 2.66. The summed E-state index contributed by atoms with van der Waals surface area (Å²) in [5.74, 6) is 0.336. The predicted molar refractivity (Wildman–Crippen MR) is 78.3 cm³/mol. The zero-order chi connectivity index (χ0) is 13.6. The molecule has 1 aromatic heterocycles. The van der Waals surface area contributed by atoms with Crippen molar-refractivity contribution < 1.29 is 4.79 Å². The molecule has 1 aliphatic rings. The van der Waals surface area contributed by atoms with Crippen LogP contribution in [0, 0.1) is 0 Å². The Morgan fingerprint density at radius 1 is 1.50 bits per heavy atom. The number of hydrogen-bond donors (Lipinski definition) is 0. The fraction of sp³-hybridized carbons (Fsp3) is 0.692. The Balaban J connectivity index is 2.14. The molecule has 3 nitrogen and oxygen atoms in total. The third-order valence-corrected chi connectivity index (χ3v) is 10.7. The van der Waals surface area contributed by atoms with Crippen molar-refractivity contribution in [2.75, 3.05) is 0 Å². The molecule has 0 aromatic carbocycles. The van der Waals surface area contributed by atoms with Crippen LogP contribution in [-0.2, 0) is 11.2 Å². The number of amides is 1. The topological polar surface area (TPSA) is 33.2 Å². The van der Waals surface area contributed by atoms with Crippen LogP contribution in [0.1, 0.15) is 32.2 Å². The zero-order valence-electron chi connectivity index (χ0n) is 11.9. The van der Waals surface area contributed by atoms with Crippen LogP contribution in [0.2, 0.25) is 18.1 Å². The Labute approximate surface area is 114 Å². The summed E-state index contributed by atoms with van der Waals surface area (Å²) >= 11 is 1.69. The summed E-state index contributed by atoms with van der Waals surface area (Å²) in [4.78, 5) is 16.3. The lowest BCUT2D eigenvalue weighted by molar-refractivity contribution is -0.138. The van der Waals surface area contributed by atoms with Crippen LogP contribution >= 0.6 is 11.3 Å². The van der Waals surface area contributed by atoms with Gasteiger partial charge in [-0.2, -0.15) is 0 Å². The van der Waals surface area contributed by atoms with E-state index in [9.17, 15) is 4.79 Å². The highest BCUT2D eigenvalue weighted by Gasteiger charge is 2.51. The predicted octanol–water partition coefficient (Wildman–Crippen LogP) is 3.29. The fourth-order valence-corrected chi connectivity index (χ4v) is 5.55. The van der Waals surface area contributed by atoms with Crippen molar-refractivity contribution in [2.45, 2.75) is 57.8 Å². The molecule has 1 fully saturated rings. The molecule has 1 aromatic rings. The highest BCUT2D eigenvalue weighted by atomic mass is 32.1. The van der Waals surface area contributed by atoms with Crippen molar-refractivity contribution in [2.24, 2.45) is 0 Å². The number of β-lactam (4-membered cyclic amide) rings is 1. The van der Waals surface area contributed by atoms with Gasteiger partial charge in [0.2, 0.25) is 5.91 Å². The van der Waals surface area contributed by atoms with Gasteiger partial charge in [-0.15, -0.1) is 11.3 Å². The highest BCUT2D eigenvalue weighted by Crippen LogP contribution is 2.43. The smallest absolute Gasteiger partial charge is 0.216 e. The molecular weight excluding hydrogens is 260 g/mol. The number of aromatic nitrogens is 1. The summed E-state index contributed by atoms with van der Waals surface area (Å²) in [6.07, 6.45) is 3.47. The first-order chi connectivity index (χ1) is 8.23. The van der Waals surface area contributed by atoms with E-state index in [0.29, 0.717) is 18.4 Å². The van der Waals surface area contributed by atoms with E-state index in [1.807, 2.05) is 11.6 Å². The number of rotatable bonds is 3. The standard InChI is InChI=1S/C13H22N2OSSi/c1-13(2,3)18(4,5)15-10(9-12(15)16)8-11-14-6-7-17-11/h6-7,10H,8-9H2,1-5H3/t10-/m0/s1. The van der Waals surface area contributed by atoms with E-state index in [0.717, 1.165) is 11.4 Å². The third kappa shape index (κ3) is 2.25. The lowest BCUT2D eigenvalue weighted by atomic mass is 10.0. The molecule has 2 rings (SSSR count). The quantitative estimate of drug-likeness (QED) is 0.629. The summed E-state index contributed by atoms with van der Waals surface area (Å²) in [5.41, 5.74) is 0. The maximum Gasteiger partial charge on any atom is 0.216 e. The van der Waals surface area contributed by atoms with Crippen LogP contribution in [0.15, 0.2) is 11.6 Å². The molecule has 0 spiro atoms. The molecule has 18 heavy (non-hydrogen) atoms. The summed E-state index contributed by atoms with van der Waals surface area (Å²) in [5, 5.41) is 3.37. The van der Waals surface area contributed by atoms with Crippen LogP contribution in [0.3, 0.4) is 0 Å². The van der Waals surface area contributed by atoms with Crippen LogP contribution in [-0.4, -0.2) is 29.7 Å². The molecule has 0 bridgehead atoms. The minimum atomic E-state index is -1.72. The molecule has 0 saturated carbocycles. The normalized spacial score (nSPS) is 21.1. The van der Waals surface area contributed by atoms with E-state index in [2.05, 4.69) is 43.4 Å². The molecule has 1 saturated heterocycles. The van der Waals surface area contributed by atoms with Crippen LogP contribution in [0.25, 0.3) is 0 Å². The van der Waals surface area contributed by atoms with Gasteiger partial charge in [-0.25, -0.2) is 4.98 Å². The van der Waals surface area contributed by atoms with Crippen molar-refractivity contribution >= 4 is 25.5 Å². The lowest BCUT2D eigenvalue weighted by Gasteiger charge is -2.54. The molecule has 0 radical (unpaired) electrons. The van der Waals surface area contributed by atoms with Crippen LogP contribution < -0.4 is 0 Å². The van der Waals surface area contributed by atoms with Crippen molar-refractivity contribution in [1.29, 1.82) is 0 Å². The molecule has 5 heteroatoms. The molecule has 1 atom stereocenters. The summed E-state index contributed by atoms with van der Waals surface area (Å²) < 4.78 is 2.20. The molecular formula is C13H22N2OSSi. The monoisotopic (exact) mass is 282 g/mol. The minimum absolute atomic E-state index is 0.213. The average molecular weight is 282 g/mol. The first-order valence-electron chi connectivity index (χ1n) is 6.44. The van der Waals surface area contributed by atoms with Crippen LogP contribution in [0.4, 0.5) is 0 Å². The minimum Gasteiger partial charge on any atom is -0.366 e. The van der Waals surface area contributed by atoms with Gasteiger partial charge < -0.3 is 4.57 Å². The van der Waals surface area contributed by atoms with Gasteiger partial charge in [-0.3, -0.25) is 4.79 Å². The van der Waals surface area contributed by atoms with Gasteiger partial charge in [0.1, 0.15) is 0 Å². The largest absolute Gasteiger partial charge is 0.366 e. The number of carbonyl (C=O) groups excluding carboxylic acids is 1. The molecule has 2 heterocycles. The lowest BCUT2D eigenvalue weighted by Crippen LogP contribution is -2.68. The molecule has 1 amide bonds. The van der Waals surface area contributed by atoms with Crippen molar-refractivity contribution in [3.8, 4) is 0 Å². The summed E-state index contributed by atoms with van der Waals surface area (Å²) in [6, 6.07) is 0.379. The van der Waals surface area contributed by atoms with Crippen molar-refractivity contribution in [1.82, 2.24) is 9.55 Å². The van der Waals surface area contributed by atoms with Gasteiger partial charge in [0.15, 0.2) is 8.24 Å². The SMILES string of the molecule is CC(C)(C)[Si](C)(C)N1C(=O)C[C@@H]1Cc1nccs1. The number of carbonyl (C=O) groups is 1. The van der Waals surface area contributed by atoms with Gasteiger partial charge in [0, 0.05) is 30.5 Å². The molecule has 1 aliphatic heterocycles. The van der Waals surface area contributed by atoms with E-state index >= 15 is 0 Å². The van der Waals surface area contributed by atoms with Gasteiger partial charge >= 0.3 is 0 Å². The molecule has 0 aliphatic carbocycles. The second kappa shape index (κ2) is 4.45. The van der Waals surface area contributed by atoms with Gasteiger partial charge in [0.05, 0.1) is 5.01 Å². The molecule has 0 unspecified atom stereocenters. The van der Waals surface area contributed by atoms with Gasteiger partial charge in [-0.05, 0) is 5.04 Å². The van der Waals surface area contributed by atoms with E-state index in [4.69, 9.17) is 0 Å². The molecule has 0 N–H and O–H groups in total. The van der Waals surface area contributed by atoms with Crippen LogP contribution in [0.5, 0.6) is 0 Å². The summed E-state index contributed by atoms with van der Waals surface area (Å²) in [6.45, 7) is 11.4. The van der Waals surface area contributed by atoms with Gasteiger partial charge in [0.25, 0.3) is 0 Å². The third-order valence-electron chi connectivity index (χ3n) is 4.38. The zero-order valence-corrected chi connectivity index (χ0v) is 13.7. The van der Waals surface area contributed by atoms with Crippen molar-refractivity contribution in [3.63, 3.8) is 0 Å². The number of hydrogen-bond acceptors (Lipinski definition) is 3. The highest BCUT2D eigenvalue weighted by molar-refractivity contribution is 7.09. The maximum absolute atomic E-state index is 12.0. The first-order valence-corrected chi connectivity index (χ1v) is 10.3. The Bertz CT molecular complexity index is 436.